The van der Waals surface area contributed by atoms with Crippen molar-refractivity contribution >= 4 is 22.0 Å². The van der Waals surface area contributed by atoms with Crippen molar-refractivity contribution in [2.45, 2.75) is 11.4 Å². The topological polar surface area (TPSA) is 93.7 Å². The van der Waals surface area contributed by atoms with Gasteiger partial charge in [-0.25, -0.2) is 13.1 Å². The van der Waals surface area contributed by atoms with Crippen molar-refractivity contribution in [3.8, 4) is 11.5 Å². The Kier molecular flexibility index (Phi) is 6.98. The zero-order valence-corrected chi connectivity index (χ0v) is 16.2. The van der Waals surface area contributed by atoms with Gasteiger partial charge in [0.15, 0.2) is 0 Å². The molecular formula is C19H22N2O5S. The van der Waals surface area contributed by atoms with Crippen LogP contribution in [-0.4, -0.2) is 35.6 Å². The Morgan fingerprint density at radius 2 is 1.78 bits per heavy atom. The first-order valence-corrected chi connectivity index (χ1v) is 9.59. The number of sulfonamides is 1. The maximum atomic E-state index is 12.1. The van der Waals surface area contributed by atoms with Gasteiger partial charge in [0.2, 0.25) is 15.9 Å². The van der Waals surface area contributed by atoms with Crippen molar-refractivity contribution in [3.05, 3.63) is 59.7 Å². The Balaban J connectivity index is 2.11. The van der Waals surface area contributed by atoms with E-state index in [1.54, 1.807) is 13.2 Å². The van der Waals surface area contributed by atoms with Gasteiger partial charge in [0.25, 0.3) is 0 Å². The number of benzene rings is 2. The van der Waals surface area contributed by atoms with E-state index in [0.717, 1.165) is 5.56 Å². The van der Waals surface area contributed by atoms with Crippen LogP contribution in [0.4, 0.5) is 0 Å². The maximum absolute atomic E-state index is 12.1. The van der Waals surface area contributed by atoms with Crippen molar-refractivity contribution < 1.29 is 22.7 Å². The third kappa shape index (κ3) is 5.32. The highest BCUT2D eigenvalue weighted by Crippen LogP contribution is 2.25. The largest absolute Gasteiger partial charge is 0.496 e. The predicted molar refractivity (Wildman–Crippen MR) is 103 cm³/mol. The lowest BCUT2D eigenvalue weighted by atomic mass is 10.2. The fraction of sp³-hybridized carbons (Fsp3) is 0.211. The van der Waals surface area contributed by atoms with Gasteiger partial charge in [-0.2, -0.15) is 0 Å². The second kappa shape index (κ2) is 9.20. The Morgan fingerprint density at radius 3 is 2.44 bits per heavy atom. The van der Waals surface area contributed by atoms with Gasteiger partial charge in [0.1, 0.15) is 16.4 Å². The Labute approximate surface area is 159 Å². The Morgan fingerprint density at radius 1 is 1.07 bits per heavy atom. The molecule has 0 radical (unpaired) electrons. The van der Waals surface area contributed by atoms with E-state index in [0.29, 0.717) is 17.9 Å². The van der Waals surface area contributed by atoms with Crippen molar-refractivity contribution in [3.63, 3.8) is 0 Å². The fourth-order valence-electron chi connectivity index (χ4n) is 2.38. The fourth-order valence-corrected chi connectivity index (χ4v) is 3.31. The molecule has 0 heterocycles. The molecule has 0 fully saturated rings. The summed E-state index contributed by atoms with van der Waals surface area (Å²) in [7, 11) is 0.607. The van der Waals surface area contributed by atoms with Crippen LogP contribution in [-0.2, 0) is 21.4 Å². The Hall–Kier alpha value is -2.84. The van der Waals surface area contributed by atoms with Gasteiger partial charge >= 0.3 is 0 Å². The van der Waals surface area contributed by atoms with E-state index in [1.165, 1.54) is 38.4 Å². The third-order valence-corrected chi connectivity index (χ3v) is 5.25. The van der Waals surface area contributed by atoms with Crippen molar-refractivity contribution in [2.24, 2.45) is 0 Å². The highest BCUT2D eigenvalue weighted by Gasteiger charge is 2.17. The molecule has 0 saturated heterocycles. The minimum atomic E-state index is -3.68. The maximum Gasteiger partial charge on any atom is 0.244 e. The number of hydrogen-bond acceptors (Lipinski definition) is 5. The molecule has 0 aliphatic heterocycles. The van der Waals surface area contributed by atoms with Crippen molar-refractivity contribution in [2.75, 3.05) is 21.3 Å². The summed E-state index contributed by atoms with van der Waals surface area (Å²) in [5.74, 6) is 0.607. The molecule has 0 unspecified atom stereocenters. The van der Waals surface area contributed by atoms with Crippen LogP contribution in [0.2, 0.25) is 0 Å². The molecule has 0 bridgehead atoms. The van der Waals surface area contributed by atoms with Gasteiger partial charge in [-0.3, -0.25) is 4.79 Å². The van der Waals surface area contributed by atoms with E-state index in [4.69, 9.17) is 9.47 Å². The molecule has 0 saturated carbocycles. The molecule has 0 atom stereocenters. The highest BCUT2D eigenvalue weighted by molar-refractivity contribution is 7.89. The van der Waals surface area contributed by atoms with Crippen molar-refractivity contribution in [1.29, 1.82) is 0 Å². The van der Waals surface area contributed by atoms with Gasteiger partial charge in [-0.1, -0.05) is 24.3 Å². The molecule has 144 valence electrons. The van der Waals surface area contributed by atoms with Crippen LogP contribution < -0.4 is 19.5 Å². The number of rotatable bonds is 8. The zero-order valence-electron chi connectivity index (χ0n) is 15.4. The van der Waals surface area contributed by atoms with Crippen LogP contribution in [0.25, 0.3) is 6.08 Å². The lowest BCUT2D eigenvalue weighted by Crippen LogP contribution is -2.20. The summed E-state index contributed by atoms with van der Waals surface area (Å²) in [5, 5.41) is 2.76. The second-order valence-electron chi connectivity index (χ2n) is 5.48. The van der Waals surface area contributed by atoms with E-state index in [-0.39, 0.29) is 16.6 Å². The van der Waals surface area contributed by atoms with Crippen LogP contribution in [0.5, 0.6) is 11.5 Å². The summed E-state index contributed by atoms with van der Waals surface area (Å²) in [6, 6.07) is 12.0. The van der Waals surface area contributed by atoms with Crippen LogP contribution in [0.3, 0.4) is 0 Å². The van der Waals surface area contributed by atoms with Gasteiger partial charge in [-0.15, -0.1) is 0 Å². The summed E-state index contributed by atoms with van der Waals surface area (Å²) in [6.07, 6.45) is 2.87. The first kappa shape index (κ1) is 20.5. The van der Waals surface area contributed by atoms with Gasteiger partial charge in [0, 0.05) is 18.2 Å². The van der Waals surface area contributed by atoms with Gasteiger partial charge in [0.05, 0.1) is 14.2 Å². The molecule has 0 aliphatic rings. The average Bonchev–Trinajstić information content (AvgIpc) is 2.70. The minimum absolute atomic E-state index is 0.00378. The molecule has 27 heavy (non-hydrogen) atoms. The number of carbonyl (C=O) groups excluding carboxylic acids is 1. The number of ether oxygens (including phenoxy) is 2. The number of nitrogens with one attached hydrogen (secondary N) is 2. The molecule has 2 aromatic rings. The van der Waals surface area contributed by atoms with E-state index in [2.05, 4.69) is 10.0 Å². The number of para-hydroxylation sites is 1. The third-order valence-electron chi connectivity index (χ3n) is 3.82. The van der Waals surface area contributed by atoms with E-state index in [9.17, 15) is 13.2 Å². The lowest BCUT2D eigenvalue weighted by Gasteiger charge is -2.09. The molecule has 0 aromatic heterocycles. The number of carbonyl (C=O) groups is 1. The van der Waals surface area contributed by atoms with Gasteiger partial charge < -0.3 is 14.8 Å². The minimum Gasteiger partial charge on any atom is -0.496 e. The second-order valence-corrected chi connectivity index (χ2v) is 7.34. The molecule has 7 nitrogen and oxygen atoms in total. The summed E-state index contributed by atoms with van der Waals surface area (Å²) in [5.41, 5.74) is 1.41. The molecule has 1 amide bonds. The molecule has 2 N–H and O–H groups in total. The van der Waals surface area contributed by atoms with Crippen LogP contribution in [0.1, 0.15) is 11.1 Å². The summed E-state index contributed by atoms with van der Waals surface area (Å²) < 4.78 is 36.7. The standard InChI is InChI=1S/C19H22N2O5S/c1-20-27(23,24)18-12-14(8-10-17(18)26-3)9-11-19(22)21-13-15-6-4-5-7-16(15)25-2/h4-12,20H,13H2,1-3H3,(H,21,22)/b11-9+. The quantitative estimate of drug-likeness (QED) is 0.672. The molecule has 0 aliphatic carbocycles. The van der Waals surface area contributed by atoms with E-state index >= 15 is 0 Å². The first-order valence-electron chi connectivity index (χ1n) is 8.10. The van der Waals surface area contributed by atoms with Crippen molar-refractivity contribution in [1.82, 2.24) is 10.0 Å². The Bertz CT molecular complexity index is 939. The molecule has 8 heteroatoms. The van der Waals surface area contributed by atoms with Crippen LogP contribution >= 0.6 is 0 Å². The van der Waals surface area contributed by atoms with Gasteiger partial charge in [-0.05, 0) is 36.9 Å². The number of amides is 1. The molecule has 0 spiro atoms. The average molecular weight is 390 g/mol. The first-order chi connectivity index (χ1) is 12.9. The monoisotopic (exact) mass is 390 g/mol. The molecular weight excluding hydrogens is 368 g/mol. The number of hydrogen-bond donors (Lipinski definition) is 2. The lowest BCUT2D eigenvalue weighted by molar-refractivity contribution is -0.116. The smallest absolute Gasteiger partial charge is 0.244 e. The number of methoxy groups -OCH3 is 2. The summed E-state index contributed by atoms with van der Waals surface area (Å²) >= 11 is 0. The van der Waals surface area contributed by atoms with Crippen LogP contribution in [0.15, 0.2) is 53.4 Å². The molecule has 2 rings (SSSR count). The summed E-state index contributed by atoms with van der Waals surface area (Å²) in [4.78, 5) is 12.1. The normalized spacial score (nSPS) is 11.4. The van der Waals surface area contributed by atoms with E-state index < -0.39 is 10.0 Å². The summed E-state index contributed by atoms with van der Waals surface area (Å²) in [6.45, 7) is 0.315. The van der Waals surface area contributed by atoms with E-state index in [1.807, 2.05) is 24.3 Å². The highest BCUT2D eigenvalue weighted by atomic mass is 32.2. The SMILES string of the molecule is CNS(=O)(=O)c1cc(/C=C/C(=O)NCc2ccccc2OC)ccc1OC. The van der Waals surface area contributed by atoms with Crippen LogP contribution in [0, 0.1) is 0 Å². The predicted octanol–water partition coefficient (Wildman–Crippen LogP) is 1.94. The molecule has 2 aromatic carbocycles. The zero-order chi connectivity index (χ0) is 19.9.